The van der Waals surface area contributed by atoms with E-state index in [2.05, 4.69) is 4.74 Å². The Labute approximate surface area is 132 Å². The van der Waals surface area contributed by atoms with Crippen molar-refractivity contribution in [2.75, 3.05) is 14.2 Å². The molecule has 0 amide bonds. The van der Waals surface area contributed by atoms with Crippen LogP contribution in [0.15, 0.2) is 41.8 Å². The van der Waals surface area contributed by atoms with Gasteiger partial charge in [-0.25, -0.2) is 13.2 Å². The maximum atomic E-state index is 11.1. The summed E-state index contributed by atoms with van der Waals surface area (Å²) in [5, 5.41) is 18.5. The highest BCUT2D eigenvalue weighted by molar-refractivity contribution is 7.80. The predicted octanol–water partition coefficient (Wildman–Crippen LogP) is 0.630. The molecular weight excluding hydrogens is 331 g/mol. The minimum absolute atomic E-state index is 0.175. The zero-order valence-electron chi connectivity index (χ0n) is 12.1. The summed E-state index contributed by atoms with van der Waals surface area (Å²) in [7, 11) is -2.72. The van der Waals surface area contributed by atoms with Crippen LogP contribution in [0.25, 0.3) is 0 Å². The van der Waals surface area contributed by atoms with E-state index in [1.807, 2.05) is 30.3 Å². The number of allylic oxidation sites excluding steroid dienone is 1. The Morgan fingerprint density at radius 2 is 1.91 bits per heavy atom. The number of benzene rings is 1. The van der Waals surface area contributed by atoms with Gasteiger partial charge in [0.05, 0.1) is 7.11 Å². The number of nitriles is 1. The van der Waals surface area contributed by atoms with Crippen LogP contribution >= 0.6 is 0 Å². The summed E-state index contributed by atoms with van der Waals surface area (Å²) in [6.45, 7) is 0. The highest BCUT2D eigenvalue weighted by Crippen LogP contribution is 2.04. The van der Waals surface area contributed by atoms with Crippen molar-refractivity contribution in [3.05, 3.63) is 47.4 Å². The van der Waals surface area contributed by atoms with Gasteiger partial charge in [0.1, 0.15) is 7.05 Å². The van der Waals surface area contributed by atoms with Crippen LogP contribution in [0.5, 0.6) is 0 Å². The van der Waals surface area contributed by atoms with Crippen molar-refractivity contribution in [1.82, 2.24) is 0 Å². The van der Waals surface area contributed by atoms with Gasteiger partial charge in [0.15, 0.2) is 12.3 Å². The van der Waals surface area contributed by atoms with Gasteiger partial charge in [0, 0.05) is 5.56 Å². The number of methoxy groups -OCH3 is 1. The minimum Gasteiger partial charge on any atom is -0.722 e. The Hall–Kier alpha value is -2.77. The van der Waals surface area contributed by atoms with Crippen molar-refractivity contribution < 1.29 is 36.1 Å². The summed E-state index contributed by atoms with van der Waals surface area (Å²) in [6, 6.07) is 11.0. The summed E-state index contributed by atoms with van der Waals surface area (Å²) in [5.41, 5.74) is 0.663. The summed E-state index contributed by atoms with van der Waals surface area (Å²) >= 11 is 0. The third kappa shape index (κ3) is 8.97. The first kappa shape index (κ1) is 20.2. The number of rotatable bonds is 3. The van der Waals surface area contributed by atoms with Gasteiger partial charge < -0.3 is 14.4 Å². The van der Waals surface area contributed by atoms with Gasteiger partial charge in [-0.1, -0.05) is 18.2 Å². The molecule has 0 aliphatic rings. The van der Waals surface area contributed by atoms with Gasteiger partial charge in [-0.05, 0) is 12.1 Å². The molecule has 23 heavy (non-hydrogen) atoms. The quantitative estimate of drug-likeness (QED) is 0.124. The maximum Gasteiger partial charge on any atom is 0.381 e. The van der Waals surface area contributed by atoms with Crippen LogP contribution in [0, 0.1) is 11.3 Å². The van der Waals surface area contributed by atoms with Gasteiger partial charge in [0.25, 0.3) is 16.3 Å². The lowest BCUT2D eigenvalue weighted by Gasteiger charge is -1.98. The molecule has 0 aliphatic heterocycles. The van der Waals surface area contributed by atoms with Gasteiger partial charge in [-0.15, -0.1) is 3.89 Å². The van der Waals surface area contributed by atoms with E-state index in [-0.39, 0.29) is 5.70 Å². The largest absolute Gasteiger partial charge is 0.722 e. The molecule has 0 saturated carbocycles. The highest BCUT2D eigenvalue weighted by atomic mass is 32.3. The van der Waals surface area contributed by atoms with Crippen molar-refractivity contribution in [3.8, 4) is 6.07 Å². The first-order valence-corrected chi connectivity index (χ1v) is 7.10. The lowest BCUT2D eigenvalue weighted by molar-refractivity contribution is -0.433. The second kappa shape index (κ2) is 9.29. The lowest BCUT2D eigenvalue weighted by atomic mass is 10.2. The van der Waals surface area contributed by atoms with E-state index in [1.165, 1.54) is 4.58 Å². The number of aliphatic hydroxyl groups excluding tert-OH is 1. The fourth-order valence-corrected chi connectivity index (χ4v) is 1.32. The molecule has 0 unspecified atom stereocenters. The molecule has 1 N–H and O–H groups in total. The third-order valence-corrected chi connectivity index (χ3v) is 2.20. The topological polar surface area (TPSA) is 131 Å². The molecule has 0 aliphatic carbocycles. The predicted molar refractivity (Wildman–Crippen MR) is 75.9 cm³/mol. The van der Waals surface area contributed by atoms with E-state index >= 15 is 0 Å². The van der Waals surface area contributed by atoms with Crippen LogP contribution < -0.4 is 0 Å². The number of hydrogen-bond donors (Lipinski definition) is 1. The molecule has 1 aromatic carbocycles. The standard InChI is InChI=1S/C13H12N2O3.FHO3S/c1-15(9-10-6-4-3-5-7-10)11(8-14)12(16)13(17)18-2;1-5(2,3)4/h3-7,9H,1-2H3;(H,2,3,4)/b12-11-,15-9?;. The van der Waals surface area contributed by atoms with Gasteiger partial charge >= 0.3 is 11.7 Å². The fraction of sp³-hybridized carbons (Fsp3) is 0.154. The summed E-state index contributed by atoms with van der Waals surface area (Å²) in [5.74, 6) is -1.66. The molecule has 10 heteroatoms. The zero-order valence-corrected chi connectivity index (χ0v) is 12.9. The Kier molecular flexibility index (Phi) is 8.17. The first-order valence-electron chi connectivity index (χ1n) is 5.80. The molecular formula is C13H13FN2O6S. The average molecular weight is 344 g/mol. The Morgan fingerprint density at radius 3 is 2.30 bits per heavy atom. The van der Waals surface area contributed by atoms with Crippen LogP contribution in [0.4, 0.5) is 3.89 Å². The average Bonchev–Trinajstić information content (AvgIpc) is 2.46. The number of carbonyl (C=O) groups is 1. The molecule has 0 aromatic heterocycles. The summed E-state index contributed by atoms with van der Waals surface area (Å²) in [6.07, 6.45) is 1.62. The van der Waals surface area contributed by atoms with Crippen LogP contribution in [0.3, 0.4) is 0 Å². The normalized spacial score (nSPS) is 12.2. The number of carbonyl (C=O) groups excluding carboxylic acids is 1. The summed E-state index contributed by atoms with van der Waals surface area (Å²) < 4.78 is 41.1. The van der Waals surface area contributed by atoms with Crippen molar-refractivity contribution in [2.45, 2.75) is 0 Å². The van der Waals surface area contributed by atoms with Crippen molar-refractivity contribution in [3.63, 3.8) is 0 Å². The first-order chi connectivity index (χ1) is 10.6. The van der Waals surface area contributed by atoms with E-state index < -0.39 is 22.2 Å². The second-order valence-electron chi connectivity index (χ2n) is 3.84. The smallest absolute Gasteiger partial charge is 0.381 e. The van der Waals surface area contributed by atoms with Crippen LogP contribution in [0.2, 0.25) is 0 Å². The molecule has 8 nitrogen and oxygen atoms in total. The molecule has 0 fully saturated rings. The molecule has 1 aromatic rings. The summed E-state index contributed by atoms with van der Waals surface area (Å²) in [4.78, 5) is 11.1. The number of hydrogen-bond acceptors (Lipinski definition) is 7. The number of esters is 1. The SMILES string of the molecule is COC(=O)/C(O)=C(\C#N)[N+](C)=Cc1ccccc1.O=S(=O)([O-])F. The molecule has 0 heterocycles. The van der Waals surface area contributed by atoms with Crippen molar-refractivity contribution >= 4 is 22.7 Å². The molecule has 124 valence electrons. The van der Waals surface area contributed by atoms with Gasteiger partial charge in [0.2, 0.25) is 0 Å². The number of halogens is 1. The zero-order chi connectivity index (χ0) is 18.0. The van der Waals surface area contributed by atoms with Gasteiger partial charge in [-0.2, -0.15) is 9.84 Å². The van der Waals surface area contributed by atoms with Crippen LogP contribution in [-0.4, -0.2) is 49.0 Å². The van der Waals surface area contributed by atoms with E-state index in [4.69, 9.17) is 18.2 Å². The van der Waals surface area contributed by atoms with E-state index in [0.717, 1.165) is 12.7 Å². The Balaban J connectivity index is 0.000000841. The number of ether oxygens (including phenoxy) is 1. The van der Waals surface area contributed by atoms with E-state index in [1.54, 1.807) is 19.3 Å². The van der Waals surface area contributed by atoms with E-state index in [0.29, 0.717) is 0 Å². The van der Waals surface area contributed by atoms with Crippen molar-refractivity contribution in [2.24, 2.45) is 0 Å². The molecule has 0 spiro atoms. The van der Waals surface area contributed by atoms with Gasteiger partial charge in [-0.3, -0.25) is 0 Å². The van der Waals surface area contributed by atoms with E-state index in [9.17, 15) is 13.8 Å². The minimum atomic E-state index is -5.42. The Bertz CT molecular complexity index is 742. The number of aliphatic hydroxyl groups is 1. The van der Waals surface area contributed by atoms with Crippen molar-refractivity contribution in [1.29, 1.82) is 5.26 Å². The fourth-order valence-electron chi connectivity index (χ4n) is 1.32. The molecule has 0 radical (unpaired) electrons. The molecule has 0 atom stereocenters. The third-order valence-electron chi connectivity index (χ3n) is 2.20. The van der Waals surface area contributed by atoms with Crippen LogP contribution in [0.1, 0.15) is 5.56 Å². The van der Waals surface area contributed by atoms with Crippen LogP contribution in [-0.2, 0) is 20.0 Å². The monoisotopic (exact) mass is 344 g/mol. The molecule has 1 rings (SSSR count). The second-order valence-corrected chi connectivity index (χ2v) is 4.63. The number of nitrogens with zero attached hydrogens (tertiary/aromatic N) is 2. The Morgan fingerprint density at radius 1 is 1.43 bits per heavy atom. The lowest BCUT2D eigenvalue weighted by Crippen LogP contribution is -2.15. The highest BCUT2D eigenvalue weighted by Gasteiger charge is 2.22. The maximum absolute atomic E-state index is 11.1. The molecule has 0 saturated heterocycles. The molecule has 0 bridgehead atoms.